The molecule has 12 atom stereocenters. The highest BCUT2D eigenvalue weighted by molar-refractivity contribution is 5.79. The molecule has 5 aliphatic rings. The molecule has 6 heteroatoms. The predicted octanol–water partition coefficient (Wildman–Crippen LogP) is 4.23. The molecular weight excluding hydrogens is 468 g/mol. The topological polar surface area (TPSA) is 107 Å². The molecule has 0 radical (unpaired) electrons. The van der Waals surface area contributed by atoms with Crippen molar-refractivity contribution in [3.63, 3.8) is 0 Å². The van der Waals surface area contributed by atoms with Crippen LogP contribution in [0.4, 0.5) is 0 Å². The third-order valence-corrected chi connectivity index (χ3v) is 13.5. The quantitative estimate of drug-likeness (QED) is 0.306. The second kappa shape index (κ2) is 8.05. The third-order valence-electron chi connectivity index (χ3n) is 13.5. The highest BCUT2D eigenvalue weighted by Gasteiger charge is 2.73. The molecule has 0 heterocycles. The number of hydrogen-bond donors (Lipinski definition) is 4. The fourth-order valence-corrected chi connectivity index (χ4v) is 11.3. The molecule has 0 amide bonds. The molecule has 0 aromatic rings. The van der Waals surface area contributed by atoms with Crippen LogP contribution < -0.4 is 0 Å². The lowest BCUT2D eigenvalue weighted by molar-refractivity contribution is -0.252. The number of carbonyl (C=O) groups is 1. The van der Waals surface area contributed by atoms with Gasteiger partial charge in [-0.15, -0.1) is 0 Å². The lowest BCUT2D eigenvalue weighted by Gasteiger charge is -2.72. The SMILES string of the molecule is COC(=O)[C@]12CC[C@@H](C)[C@@](C)(O)[C@@H]1C1=C[C@@H](O)[C@@H]3[C@@]4(C)C[C@@H](O)[C@H](O)C(C)(C)[C@@H]4CC[C@@]3(C)[C@]1(C)CC2. The lowest BCUT2D eigenvalue weighted by atomic mass is 9.32. The number of fused-ring (bicyclic) bond motifs is 7. The molecule has 0 aromatic carbocycles. The number of aliphatic hydroxyl groups is 4. The van der Waals surface area contributed by atoms with E-state index in [2.05, 4.69) is 41.5 Å². The van der Waals surface area contributed by atoms with Gasteiger partial charge in [0.2, 0.25) is 0 Å². The zero-order valence-electron chi connectivity index (χ0n) is 24.2. The summed E-state index contributed by atoms with van der Waals surface area (Å²) in [5.74, 6) is -0.574. The summed E-state index contributed by atoms with van der Waals surface area (Å²) < 4.78 is 5.39. The van der Waals surface area contributed by atoms with E-state index in [0.29, 0.717) is 19.3 Å². The molecule has 210 valence electrons. The molecular formula is C31H50O6. The maximum absolute atomic E-state index is 13.4. The summed E-state index contributed by atoms with van der Waals surface area (Å²) in [6.45, 7) is 14.9. The molecule has 6 nitrogen and oxygen atoms in total. The standard InChI is InChI=1S/C31H50O6/c1-17-9-12-31(25(35)37-8)14-13-28(5)18(22(31)30(17,7)36)15-19(32)23-27(4)16-20(33)24(34)26(2,3)21(27)10-11-29(23,28)6/h15,17,19-24,32-34,36H,9-14,16H2,1-8H3/t17-,19-,20-,21+,22+,23-,24+,27+,28-,29-,30-,31+/m1/s1. The van der Waals surface area contributed by atoms with E-state index in [0.717, 1.165) is 31.3 Å². The predicted molar refractivity (Wildman–Crippen MR) is 141 cm³/mol. The Hall–Kier alpha value is -0.950. The maximum Gasteiger partial charge on any atom is 0.312 e. The van der Waals surface area contributed by atoms with Gasteiger partial charge in [0.25, 0.3) is 0 Å². The van der Waals surface area contributed by atoms with Gasteiger partial charge in [-0.25, -0.2) is 0 Å². The largest absolute Gasteiger partial charge is 0.469 e. The Balaban J connectivity index is 1.69. The van der Waals surface area contributed by atoms with Gasteiger partial charge in [0.15, 0.2) is 0 Å². The number of esters is 1. The average Bonchev–Trinajstić information content (AvgIpc) is 2.80. The Labute approximate surface area is 222 Å². The van der Waals surface area contributed by atoms with Crippen LogP contribution in [0.2, 0.25) is 0 Å². The molecule has 0 aliphatic heterocycles. The first-order chi connectivity index (χ1) is 16.9. The number of hydrogen-bond acceptors (Lipinski definition) is 6. The van der Waals surface area contributed by atoms with E-state index >= 15 is 0 Å². The van der Waals surface area contributed by atoms with Crippen molar-refractivity contribution in [2.45, 2.75) is 117 Å². The minimum absolute atomic E-state index is 0.0187. The fraction of sp³-hybridized carbons (Fsp3) is 0.903. The van der Waals surface area contributed by atoms with Crippen molar-refractivity contribution in [1.29, 1.82) is 0 Å². The molecule has 0 spiro atoms. The molecule has 37 heavy (non-hydrogen) atoms. The zero-order chi connectivity index (χ0) is 27.6. The average molecular weight is 519 g/mol. The summed E-state index contributed by atoms with van der Waals surface area (Å²) in [7, 11) is 1.45. The Kier molecular flexibility index (Phi) is 6.01. The van der Waals surface area contributed by atoms with E-state index in [1.807, 2.05) is 13.0 Å². The minimum atomic E-state index is -1.10. The van der Waals surface area contributed by atoms with E-state index in [-0.39, 0.29) is 40.0 Å². The lowest BCUT2D eigenvalue weighted by Crippen LogP contribution is -2.71. The van der Waals surface area contributed by atoms with Gasteiger partial charge in [0.05, 0.1) is 36.4 Å². The highest BCUT2D eigenvalue weighted by Crippen LogP contribution is 2.76. The van der Waals surface area contributed by atoms with Crippen molar-refractivity contribution < 1.29 is 30.0 Å². The van der Waals surface area contributed by atoms with Gasteiger partial charge in [-0.2, -0.15) is 0 Å². The van der Waals surface area contributed by atoms with Crippen LogP contribution in [0.5, 0.6) is 0 Å². The first-order valence-electron chi connectivity index (χ1n) is 14.5. The van der Waals surface area contributed by atoms with Crippen molar-refractivity contribution in [3.8, 4) is 0 Å². The van der Waals surface area contributed by atoms with Gasteiger partial charge in [0, 0.05) is 11.8 Å². The summed E-state index contributed by atoms with van der Waals surface area (Å²) in [4.78, 5) is 13.4. The fourth-order valence-electron chi connectivity index (χ4n) is 11.3. The van der Waals surface area contributed by atoms with Crippen LogP contribution in [0.15, 0.2) is 11.6 Å². The summed E-state index contributed by atoms with van der Waals surface area (Å²) in [6, 6.07) is 0. The zero-order valence-corrected chi connectivity index (χ0v) is 24.2. The number of rotatable bonds is 1. The van der Waals surface area contributed by atoms with E-state index in [4.69, 9.17) is 4.74 Å². The first kappa shape index (κ1) is 27.6. The van der Waals surface area contributed by atoms with E-state index in [1.54, 1.807) is 0 Å². The van der Waals surface area contributed by atoms with Crippen molar-refractivity contribution in [2.24, 2.45) is 50.7 Å². The molecule has 4 fully saturated rings. The van der Waals surface area contributed by atoms with Gasteiger partial charge < -0.3 is 25.2 Å². The summed E-state index contributed by atoms with van der Waals surface area (Å²) in [5, 5.41) is 46.0. The Morgan fingerprint density at radius 1 is 0.973 bits per heavy atom. The molecule has 0 aromatic heterocycles. The van der Waals surface area contributed by atoms with Gasteiger partial charge in [-0.05, 0) is 85.4 Å². The van der Waals surface area contributed by atoms with Crippen molar-refractivity contribution in [3.05, 3.63) is 11.6 Å². The number of aliphatic hydroxyl groups excluding tert-OH is 3. The van der Waals surface area contributed by atoms with Crippen molar-refractivity contribution in [2.75, 3.05) is 7.11 Å². The van der Waals surface area contributed by atoms with Crippen LogP contribution in [-0.2, 0) is 9.53 Å². The highest BCUT2D eigenvalue weighted by atomic mass is 16.5. The molecule has 4 N–H and O–H groups in total. The van der Waals surface area contributed by atoms with Crippen LogP contribution in [0.3, 0.4) is 0 Å². The monoisotopic (exact) mass is 518 g/mol. The van der Waals surface area contributed by atoms with Gasteiger partial charge in [0.1, 0.15) is 0 Å². The van der Waals surface area contributed by atoms with Gasteiger partial charge in [-0.3, -0.25) is 4.79 Å². The Bertz CT molecular complexity index is 1000. The summed E-state index contributed by atoms with van der Waals surface area (Å²) >= 11 is 0. The summed E-state index contributed by atoms with van der Waals surface area (Å²) in [5.41, 5.74) is -2.29. The molecule has 0 bridgehead atoms. The minimum Gasteiger partial charge on any atom is -0.469 e. The normalized spacial score (nSPS) is 56.6. The number of methoxy groups -OCH3 is 1. The van der Waals surface area contributed by atoms with Crippen LogP contribution in [0.1, 0.15) is 93.4 Å². The van der Waals surface area contributed by atoms with E-state index in [9.17, 15) is 25.2 Å². The molecule has 0 saturated heterocycles. The maximum atomic E-state index is 13.4. The summed E-state index contributed by atoms with van der Waals surface area (Å²) in [6.07, 6.45) is 4.79. The van der Waals surface area contributed by atoms with Crippen LogP contribution in [0.25, 0.3) is 0 Å². The van der Waals surface area contributed by atoms with Crippen LogP contribution >= 0.6 is 0 Å². The van der Waals surface area contributed by atoms with E-state index < -0.39 is 40.7 Å². The van der Waals surface area contributed by atoms with E-state index in [1.165, 1.54) is 7.11 Å². The molecule has 0 unspecified atom stereocenters. The van der Waals surface area contributed by atoms with Gasteiger partial charge >= 0.3 is 5.97 Å². The first-order valence-corrected chi connectivity index (χ1v) is 14.5. The second-order valence-corrected chi connectivity index (χ2v) is 15.2. The molecule has 5 aliphatic carbocycles. The second-order valence-electron chi connectivity index (χ2n) is 15.2. The number of ether oxygens (including phenoxy) is 1. The Morgan fingerprint density at radius 3 is 2.24 bits per heavy atom. The van der Waals surface area contributed by atoms with Gasteiger partial charge in [-0.1, -0.05) is 53.2 Å². The third kappa shape index (κ3) is 3.16. The van der Waals surface area contributed by atoms with Crippen molar-refractivity contribution >= 4 is 5.97 Å². The van der Waals surface area contributed by atoms with Crippen LogP contribution in [0, 0.1) is 50.7 Å². The molecule has 4 saturated carbocycles. The number of carbonyl (C=O) groups excluding carboxylic acids is 1. The van der Waals surface area contributed by atoms with Crippen LogP contribution in [-0.4, -0.2) is 57.4 Å². The van der Waals surface area contributed by atoms with Crippen molar-refractivity contribution in [1.82, 2.24) is 0 Å². The Morgan fingerprint density at radius 2 is 1.62 bits per heavy atom. The smallest absolute Gasteiger partial charge is 0.312 e. The molecule has 5 rings (SSSR count).